The van der Waals surface area contributed by atoms with Crippen LogP contribution < -0.4 is 5.32 Å². The van der Waals surface area contributed by atoms with Crippen LogP contribution in [0.3, 0.4) is 0 Å². The van der Waals surface area contributed by atoms with Crippen molar-refractivity contribution in [2.75, 3.05) is 6.54 Å². The molecule has 0 heterocycles. The molecule has 0 aromatic heterocycles. The summed E-state index contributed by atoms with van der Waals surface area (Å²) in [7, 11) is 0. The van der Waals surface area contributed by atoms with Gasteiger partial charge in [0.05, 0.1) is 6.42 Å². The monoisotopic (exact) mass is 265 g/mol. The van der Waals surface area contributed by atoms with Crippen LogP contribution in [0.4, 0.5) is 13.2 Å². The number of rotatable bonds is 5. The molecule has 0 spiro atoms. The second kappa shape index (κ2) is 6.26. The van der Waals surface area contributed by atoms with Crippen LogP contribution in [0.25, 0.3) is 0 Å². The first-order chi connectivity index (χ1) is 7.90. The van der Waals surface area contributed by atoms with E-state index in [1.165, 1.54) is 0 Å². The van der Waals surface area contributed by atoms with Crippen molar-refractivity contribution in [1.82, 2.24) is 5.32 Å². The number of nitrogens with one attached hydrogen (secondary N) is 1. The minimum atomic E-state index is -4.15. The van der Waals surface area contributed by atoms with Crippen molar-refractivity contribution in [1.29, 1.82) is 0 Å². The van der Waals surface area contributed by atoms with E-state index in [0.717, 1.165) is 5.56 Å². The van der Waals surface area contributed by atoms with Crippen molar-refractivity contribution in [2.24, 2.45) is 0 Å². The first-order valence-corrected chi connectivity index (χ1v) is 5.83. The highest BCUT2D eigenvalue weighted by molar-refractivity contribution is 6.30. The van der Waals surface area contributed by atoms with Gasteiger partial charge in [-0.2, -0.15) is 13.2 Å². The third-order valence-corrected chi connectivity index (χ3v) is 2.58. The van der Waals surface area contributed by atoms with E-state index in [-0.39, 0.29) is 0 Å². The average molecular weight is 266 g/mol. The Morgan fingerprint density at radius 2 is 2.06 bits per heavy atom. The van der Waals surface area contributed by atoms with Gasteiger partial charge in [-0.05, 0) is 30.7 Å². The van der Waals surface area contributed by atoms with Crippen LogP contribution in [0, 0.1) is 0 Å². The molecule has 1 rings (SSSR count). The smallest absolute Gasteiger partial charge is 0.314 e. The van der Waals surface area contributed by atoms with E-state index in [1.807, 2.05) is 0 Å². The number of alkyl halides is 3. The largest absolute Gasteiger partial charge is 0.390 e. The Labute approximate surface area is 104 Å². The molecule has 0 saturated heterocycles. The zero-order valence-electron chi connectivity index (χ0n) is 9.52. The van der Waals surface area contributed by atoms with Crippen molar-refractivity contribution < 1.29 is 13.2 Å². The molecule has 1 aromatic rings. The Morgan fingerprint density at radius 1 is 1.35 bits per heavy atom. The second-order valence-corrected chi connectivity index (χ2v) is 4.34. The SMILES string of the molecule is CCNC(Cc1cccc(Cl)c1)CC(F)(F)F. The molecule has 0 amide bonds. The Balaban J connectivity index is 2.66. The molecule has 1 N–H and O–H groups in total. The highest BCUT2D eigenvalue weighted by Gasteiger charge is 2.31. The predicted molar refractivity (Wildman–Crippen MR) is 63.3 cm³/mol. The van der Waals surface area contributed by atoms with Crippen LogP contribution in [0.2, 0.25) is 5.02 Å². The van der Waals surface area contributed by atoms with Gasteiger partial charge in [-0.15, -0.1) is 0 Å². The van der Waals surface area contributed by atoms with E-state index in [1.54, 1.807) is 31.2 Å². The maximum atomic E-state index is 12.3. The number of benzene rings is 1. The molecule has 5 heteroatoms. The Hall–Kier alpha value is -0.740. The molecule has 0 bridgehead atoms. The molecule has 1 aromatic carbocycles. The molecule has 0 aliphatic carbocycles. The summed E-state index contributed by atoms with van der Waals surface area (Å²) < 4.78 is 37.0. The zero-order chi connectivity index (χ0) is 12.9. The van der Waals surface area contributed by atoms with Gasteiger partial charge in [0.15, 0.2) is 0 Å². The summed E-state index contributed by atoms with van der Waals surface area (Å²) in [6, 6.07) is 6.33. The van der Waals surface area contributed by atoms with E-state index in [0.29, 0.717) is 18.0 Å². The molecular weight excluding hydrogens is 251 g/mol. The van der Waals surface area contributed by atoms with Crippen molar-refractivity contribution in [3.8, 4) is 0 Å². The fraction of sp³-hybridized carbons (Fsp3) is 0.500. The van der Waals surface area contributed by atoms with E-state index in [4.69, 9.17) is 11.6 Å². The van der Waals surface area contributed by atoms with Gasteiger partial charge < -0.3 is 5.32 Å². The summed E-state index contributed by atoms with van der Waals surface area (Å²) >= 11 is 5.80. The fourth-order valence-corrected chi connectivity index (χ4v) is 1.95. The number of hydrogen-bond acceptors (Lipinski definition) is 1. The third kappa shape index (κ3) is 5.94. The minimum Gasteiger partial charge on any atom is -0.314 e. The molecule has 0 radical (unpaired) electrons. The van der Waals surface area contributed by atoms with E-state index < -0.39 is 18.6 Å². The quantitative estimate of drug-likeness (QED) is 0.854. The lowest BCUT2D eigenvalue weighted by atomic mass is 10.0. The summed E-state index contributed by atoms with van der Waals surface area (Å²) in [5, 5.41) is 3.39. The lowest BCUT2D eigenvalue weighted by Crippen LogP contribution is -2.35. The molecule has 0 aliphatic rings. The summed E-state index contributed by atoms with van der Waals surface area (Å²) in [5.74, 6) is 0. The molecule has 96 valence electrons. The normalized spacial score (nSPS) is 13.7. The average Bonchev–Trinajstić information content (AvgIpc) is 2.15. The molecule has 0 fully saturated rings. The van der Waals surface area contributed by atoms with Gasteiger partial charge >= 0.3 is 6.18 Å². The molecule has 17 heavy (non-hydrogen) atoms. The van der Waals surface area contributed by atoms with Crippen molar-refractivity contribution in [2.45, 2.75) is 32.0 Å². The van der Waals surface area contributed by atoms with Crippen molar-refractivity contribution in [3.05, 3.63) is 34.9 Å². The fourth-order valence-electron chi connectivity index (χ4n) is 1.73. The summed E-state index contributed by atoms with van der Waals surface area (Å²) in [4.78, 5) is 0. The lowest BCUT2D eigenvalue weighted by Gasteiger charge is -2.19. The third-order valence-electron chi connectivity index (χ3n) is 2.34. The lowest BCUT2D eigenvalue weighted by molar-refractivity contribution is -0.139. The van der Waals surface area contributed by atoms with E-state index in [9.17, 15) is 13.2 Å². The van der Waals surface area contributed by atoms with Crippen LogP contribution in [-0.4, -0.2) is 18.8 Å². The molecule has 0 saturated carbocycles. The molecule has 1 atom stereocenters. The van der Waals surface area contributed by atoms with Crippen LogP contribution in [-0.2, 0) is 6.42 Å². The second-order valence-electron chi connectivity index (χ2n) is 3.91. The van der Waals surface area contributed by atoms with Crippen LogP contribution in [0.15, 0.2) is 24.3 Å². The van der Waals surface area contributed by atoms with Gasteiger partial charge in [-0.3, -0.25) is 0 Å². The predicted octanol–water partition coefficient (Wildman–Crippen LogP) is 3.81. The summed E-state index contributed by atoms with van der Waals surface area (Å²) in [6.07, 6.45) is -4.65. The maximum Gasteiger partial charge on any atom is 0.390 e. The molecule has 0 aliphatic heterocycles. The molecule has 1 unspecified atom stereocenters. The number of halogens is 4. The Morgan fingerprint density at radius 3 is 2.59 bits per heavy atom. The first-order valence-electron chi connectivity index (χ1n) is 5.45. The van der Waals surface area contributed by atoms with Gasteiger partial charge in [0.2, 0.25) is 0 Å². The summed E-state index contributed by atoms with van der Waals surface area (Å²) in [5.41, 5.74) is 0.813. The highest BCUT2D eigenvalue weighted by atomic mass is 35.5. The van der Waals surface area contributed by atoms with Gasteiger partial charge in [-0.25, -0.2) is 0 Å². The Kier molecular flexibility index (Phi) is 5.28. The number of hydrogen-bond donors (Lipinski definition) is 1. The van der Waals surface area contributed by atoms with E-state index >= 15 is 0 Å². The van der Waals surface area contributed by atoms with E-state index in [2.05, 4.69) is 5.32 Å². The van der Waals surface area contributed by atoms with Gasteiger partial charge in [0, 0.05) is 11.1 Å². The van der Waals surface area contributed by atoms with Crippen LogP contribution in [0.1, 0.15) is 18.9 Å². The molecular formula is C12H15ClF3N. The van der Waals surface area contributed by atoms with Crippen molar-refractivity contribution >= 4 is 11.6 Å². The Bertz CT molecular complexity index is 352. The minimum absolute atomic E-state index is 0.327. The van der Waals surface area contributed by atoms with Gasteiger partial charge in [0.25, 0.3) is 0 Å². The first kappa shape index (κ1) is 14.3. The summed E-state index contributed by atoms with van der Waals surface area (Å²) in [6.45, 7) is 2.31. The maximum absolute atomic E-state index is 12.3. The van der Waals surface area contributed by atoms with Crippen LogP contribution >= 0.6 is 11.6 Å². The van der Waals surface area contributed by atoms with Crippen LogP contribution in [0.5, 0.6) is 0 Å². The highest BCUT2D eigenvalue weighted by Crippen LogP contribution is 2.23. The topological polar surface area (TPSA) is 12.0 Å². The number of likely N-dealkylation sites (N-methyl/N-ethyl adjacent to an activating group) is 1. The molecule has 1 nitrogen and oxygen atoms in total. The standard InChI is InChI=1S/C12H15ClF3N/c1-2-17-11(8-12(14,15)16)7-9-4-3-5-10(13)6-9/h3-6,11,17H,2,7-8H2,1H3. The van der Waals surface area contributed by atoms with Gasteiger partial charge in [-0.1, -0.05) is 30.7 Å². The van der Waals surface area contributed by atoms with Gasteiger partial charge in [0.1, 0.15) is 0 Å². The van der Waals surface area contributed by atoms with Crippen molar-refractivity contribution in [3.63, 3.8) is 0 Å². The zero-order valence-corrected chi connectivity index (χ0v) is 10.3.